The van der Waals surface area contributed by atoms with E-state index in [2.05, 4.69) is 31.9 Å². The van der Waals surface area contributed by atoms with Crippen molar-refractivity contribution in [3.05, 3.63) is 135 Å². The molecule has 0 atom stereocenters. The highest BCUT2D eigenvalue weighted by Crippen LogP contribution is 2.21. The number of hydrogen-bond acceptors (Lipinski definition) is 11. The fourth-order valence-corrected chi connectivity index (χ4v) is 5.75. The van der Waals surface area contributed by atoms with Crippen LogP contribution in [0.4, 0.5) is 0 Å². The number of hydrogen-bond donors (Lipinski definition) is 3. The first-order valence-electron chi connectivity index (χ1n) is 14.2. The molecule has 0 aliphatic carbocycles. The molecule has 3 aromatic heterocycles. The Bertz CT molecular complexity index is 2680. The SMILES string of the molecule is NN(C(=O)Cn1c(=O)n(CC(=O)NNC(=O)c2cc3cc(Br)ccc3oc2=O)c(=O)c2ccccc21)C(=O)c1cc2cc(Br)ccc2oc1=O. The third kappa shape index (κ3) is 6.53. The molecule has 0 radical (unpaired) electrons. The summed E-state index contributed by atoms with van der Waals surface area (Å²) in [5.74, 6) is 1.35. The summed E-state index contributed by atoms with van der Waals surface area (Å²) in [7, 11) is 0. The van der Waals surface area contributed by atoms with Gasteiger partial charge in [0.2, 0.25) is 0 Å². The molecule has 16 nitrogen and oxygen atoms in total. The van der Waals surface area contributed by atoms with Crippen LogP contribution in [-0.4, -0.2) is 37.8 Å². The summed E-state index contributed by atoms with van der Waals surface area (Å²) < 4.78 is 12.9. The first-order valence-corrected chi connectivity index (χ1v) is 15.8. The van der Waals surface area contributed by atoms with Crippen molar-refractivity contribution >= 4 is 88.3 Å². The molecule has 4 amide bonds. The number of nitrogens with two attached hydrogens (primary N) is 1. The number of amides is 4. The first kappa shape index (κ1) is 33.9. The normalized spacial score (nSPS) is 11.1. The Balaban J connectivity index is 1.24. The summed E-state index contributed by atoms with van der Waals surface area (Å²) in [5.41, 5.74) is -0.618. The molecule has 252 valence electrons. The predicted octanol–water partition coefficient (Wildman–Crippen LogP) is 1.90. The maximum Gasteiger partial charge on any atom is 0.349 e. The van der Waals surface area contributed by atoms with E-state index < -0.39 is 70.3 Å². The van der Waals surface area contributed by atoms with Gasteiger partial charge in [0.1, 0.15) is 35.4 Å². The molecule has 0 saturated carbocycles. The minimum atomic E-state index is -1.22. The van der Waals surface area contributed by atoms with Crippen molar-refractivity contribution in [3.8, 4) is 0 Å². The number of nitrogens with one attached hydrogen (secondary N) is 2. The third-order valence-electron chi connectivity index (χ3n) is 7.39. The molecule has 6 rings (SSSR count). The lowest BCUT2D eigenvalue weighted by molar-refractivity contribution is -0.129. The van der Waals surface area contributed by atoms with E-state index in [1.54, 1.807) is 24.3 Å². The van der Waals surface area contributed by atoms with Crippen molar-refractivity contribution < 1.29 is 28.0 Å². The standard InChI is InChI=1S/C32H20Br2N6O10/c33-17-5-7-23-15(9-17)11-20(30(46)49-23)27(43)37-36-25(41)13-39-28(44)19-3-1-2-4-22(19)38(32(39)48)14-26(42)40(35)29(45)21-12-16-10-18(34)6-8-24(16)50-31(21)47/h1-12H,13-14,35H2,(H,36,41)(H,37,43). The number of aromatic nitrogens is 2. The first-order chi connectivity index (χ1) is 23.8. The van der Waals surface area contributed by atoms with Crippen LogP contribution < -0.4 is 39.2 Å². The Hall–Kier alpha value is -5.98. The molecule has 50 heavy (non-hydrogen) atoms. The minimum Gasteiger partial charge on any atom is -0.422 e. The van der Waals surface area contributed by atoms with Gasteiger partial charge in [-0.25, -0.2) is 25.2 Å². The molecular weight excluding hydrogens is 788 g/mol. The maximum absolute atomic E-state index is 13.6. The van der Waals surface area contributed by atoms with Crippen molar-refractivity contribution in [2.45, 2.75) is 13.1 Å². The summed E-state index contributed by atoms with van der Waals surface area (Å²) >= 11 is 6.56. The van der Waals surface area contributed by atoms with Gasteiger partial charge in [-0.3, -0.25) is 44.0 Å². The van der Waals surface area contributed by atoms with E-state index in [0.29, 0.717) is 24.3 Å². The van der Waals surface area contributed by atoms with E-state index in [9.17, 15) is 38.4 Å². The number of imide groups is 1. The van der Waals surface area contributed by atoms with Crippen LogP contribution in [0.25, 0.3) is 32.8 Å². The molecule has 0 fully saturated rings. The van der Waals surface area contributed by atoms with Crippen LogP contribution in [0.2, 0.25) is 0 Å². The van der Waals surface area contributed by atoms with E-state index >= 15 is 0 Å². The third-order valence-corrected chi connectivity index (χ3v) is 8.38. The fourth-order valence-electron chi connectivity index (χ4n) is 4.99. The van der Waals surface area contributed by atoms with Gasteiger partial charge in [0.05, 0.1) is 10.9 Å². The molecule has 0 aliphatic heterocycles. The Labute approximate surface area is 293 Å². The topological polar surface area (TPSA) is 226 Å². The minimum absolute atomic E-state index is 0.0219. The quantitative estimate of drug-likeness (QED) is 0.0954. The summed E-state index contributed by atoms with van der Waals surface area (Å²) in [5, 5.41) is 0.838. The van der Waals surface area contributed by atoms with E-state index in [-0.39, 0.29) is 27.1 Å². The fraction of sp³-hybridized carbons (Fsp3) is 0.0625. The van der Waals surface area contributed by atoms with Crippen molar-refractivity contribution in [2.24, 2.45) is 5.84 Å². The molecular formula is C32H20Br2N6O10. The number of hydrazine groups is 2. The number of para-hydroxylation sites is 1. The molecule has 0 saturated heterocycles. The molecule has 0 aliphatic rings. The highest BCUT2D eigenvalue weighted by molar-refractivity contribution is 9.10. The number of halogens is 2. The Morgan fingerprint density at radius 3 is 1.94 bits per heavy atom. The van der Waals surface area contributed by atoms with Crippen molar-refractivity contribution in [2.75, 3.05) is 0 Å². The van der Waals surface area contributed by atoms with Crippen LogP contribution in [-0.2, 0) is 22.7 Å². The molecule has 3 heterocycles. The van der Waals surface area contributed by atoms with Crippen LogP contribution in [0, 0.1) is 0 Å². The molecule has 0 bridgehead atoms. The number of fused-ring (bicyclic) bond motifs is 3. The molecule has 6 aromatic rings. The lowest BCUT2D eigenvalue weighted by atomic mass is 10.1. The highest BCUT2D eigenvalue weighted by Gasteiger charge is 2.26. The highest BCUT2D eigenvalue weighted by atomic mass is 79.9. The van der Waals surface area contributed by atoms with Gasteiger partial charge in [-0.1, -0.05) is 44.0 Å². The predicted molar refractivity (Wildman–Crippen MR) is 184 cm³/mol. The van der Waals surface area contributed by atoms with Gasteiger partial charge in [-0.05, 0) is 60.7 Å². The van der Waals surface area contributed by atoms with Crippen molar-refractivity contribution in [1.82, 2.24) is 25.0 Å². The van der Waals surface area contributed by atoms with Gasteiger partial charge in [-0.15, -0.1) is 0 Å². The van der Waals surface area contributed by atoms with Crippen LogP contribution >= 0.6 is 31.9 Å². The average molecular weight is 808 g/mol. The zero-order valence-corrected chi connectivity index (χ0v) is 28.3. The second kappa shape index (κ2) is 13.5. The largest absolute Gasteiger partial charge is 0.422 e. The summed E-state index contributed by atoms with van der Waals surface area (Å²) in [6, 6.07) is 17.6. The van der Waals surface area contributed by atoms with Crippen molar-refractivity contribution in [3.63, 3.8) is 0 Å². The monoisotopic (exact) mass is 806 g/mol. The summed E-state index contributed by atoms with van der Waals surface area (Å²) in [4.78, 5) is 104. The number of carbonyl (C=O) groups is 4. The van der Waals surface area contributed by atoms with Crippen molar-refractivity contribution in [1.29, 1.82) is 0 Å². The average Bonchev–Trinajstić information content (AvgIpc) is 3.09. The maximum atomic E-state index is 13.6. The number of carbonyl (C=O) groups excluding carboxylic acids is 4. The zero-order chi connectivity index (χ0) is 35.9. The lowest BCUT2D eigenvalue weighted by Crippen LogP contribution is -2.50. The van der Waals surface area contributed by atoms with Gasteiger partial charge in [0.15, 0.2) is 0 Å². The second-order valence-electron chi connectivity index (χ2n) is 10.6. The number of rotatable bonds is 6. The van der Waals surface area contributed by atoms with Crippen LogP contribution in [0.5, 0.6) is 0 Å². The van der Waals surface area contributed by atoms with Gasteiger partial charge in [0.25, 0.3) is 29.2 Å². The lowest BCUT2D eigenvalue weighted by Gasteiger charge is -2.17. The Kier molecular flexibility index (Phi) is 9.15. The summed E-state index contributed by atoms with van der Waals surface area (Å²) in [6.07, 6.45) is 0. The Morgan fingerprint density at radius 1 is 0.720 bits per heavy atom. The number of nitrogens with zero attached hydrogens (tertiary/aromatic N) is 3. The van der Waals surface area contributed by atoms with E-state index in [1.165, 1.54) is 48.5 Å². The summed E-state index contributed by atoms with van der Waals surface area (Å²) in [6.45, 7) is -1.83. The van der Waals surface area contributed by atoms with E-state index in [1.807, 2.05) is 10.9 Å². The van der Waals surface area contributed by atoms with Gasteiger partial charge >= 0.3 is 16.9 Å². The Morgan fingerprint density at radius 2 is 1.30 bits per heavy atom. The molecule has 4 N–H and O–H groups in total. The molecule has 18 heteroatoms. The van der Waals surface area contributed by atoms with Gasteiger partial charge in [-0.2, -0.15) is 0 Å². The smallest absolute Gasteiger partial charge is 0.349 e. The van der Waals surface area contributed by atoms with E-state index in [0.717, 1.165) is 4.57 Å². The van der Waals surface area contributed by atoms with Crippen LogP contribution in [0.3, 0.4) is 0 Å². The van der Waals surface area contributed by atoms with E-state index in [4.69, 9.17) is 14.7 Å². The molecule has 0 spiro atoms. The van der Waals surface area contributed by atoms with Gasteiger partial charge < -0.3 is 8.83 Å². The molecule has 0 unspecified atom stereocenters. The zero-order valence-electron chi connectivity index (χ0n) is 25.1. The second-order valence-corrected chi connectivity index (χ2v) is 12.4. The van der Waals surface area contributed by atoms with Gasteiger partial charge in [0, 0.05) is 19.7 Å². The van der Waals surface area contributed by atoms with Crippen LogP contribution in [0.15, 0.2) is 110 Å². The number of benzene rings is 3. The molecule has 3 aromatic carbocycles. The van der Waals surface area contributed by atoms with Crippen LogP contribution in [0.1, 0.15) is 20.7 Å².